The van der Waals surface area contributed by atoms with Gasteiger partial charge in [-0.05, 0) is 18.8 Å². The molecule has 4 nitrogen and oxygen atoms in total. The predicted octanol–water partition coefficient (Wildman–Crippen LogP) is 1.58. The van der Waals surface area contributed by atoms with E-state index in [2.05, 4.69) is 24.3 Å². The lowest BCUT2D eigenvalue weighted by molar-refractivity contribution is 0.148. The summed E-state index contributed by atoms with van der Waals surface area (Å²) < 4.78 is 7.69. The highest BCUT2D eigenvalue weighted by Gasteiger charge is 2.23. The number of hydrogen-bond acceptors (Lipinski definition) is 3. The first-order chi connectivity index (χ1) is 7.65. The average molecular weight is 223 g/mol. The van der Waals surface area contributed by atoms with E-state index in [-0.39, 0.29) is 6.10 Å². The van der Waals surface area contributed by atoms with Crippen LogP contribution < -0.4 is 10.1 Å². The second-order valence-electron chi connectivity index (χ2n) is 4.93. The Morgan fingerprint density at radius 1 is 1.56 bits per heavy atom. The molecular weight excluding hydrogens is 202 g/mol. The molecule has 0 bridgehead atoms. The number of hydrogen-bond donors (Lipinski definition) is 1. The largest absolute Gasteiger partial charge is 0.486 e. The Hall–Kier alpha value is -1.03. The van der Waals surface area contributed by atoms with Crippen molar-refractivity contribution in [2.24, 2.45) is 13.0 Å². The topological polar surface area (TPSA) is 39.1 Å². The van der Waals surface area contributed by atoms with Gasteiger partial charge in [-0.25, -0.2) is 0 Å². The minimum atomic E-state index is 0.227. The summed E-state index contributed by atoms with van der Waals surface area (Å²) in [4.78, 5) is 0. The summed E-state index contributed by atoms with van der Waals surface area (Å²) in [6, 6.07) is 0.735. The van der Waals surface area contributed by atoms with E-state index in [1.807, 2.05) is 13.2 Å². The van der Waals surface area contributed by atoms with E-state index in [0.717, 1.165) is 18.3 Å². The Morgan fingerprint density at radius 2 is 2.31 bits per heavy atom. The van der Waals surface area contributed by atoms with Gasteiger partial charge < -0.3 is 10.1 Å². The molecule has 16 heavy (non-hydrogen) atoms. The summed E-state index contributed by atoms with van der Waals surface area (Å²) in [5.41, 5.74) is 0. The molecule has 0 aliphatic heterocycles. The lowest BCUT2D eigenvalue weighted by atomic mass is 10.1. The molecule has 0 spiro atoms. The summed E-state index contributed by atoms with van der Waals surface area (Å²) in [5, 5.41) is 7.62. The van der Waals surface area contributed by atoms with Gasteiger partial charge in [-0.2, -0.15) is 5.10 Å². The van der Waals surface area contributed by atoms with Gasteiger partial charge >= 0.3 is 0 Å². The van der Waals surface area contributed by atoms with Gasteiger partial charge in [0.15, 0.2) is 5.75 Å². The number of aromatic nitrogens is 2. The van der Waals surface area contributed by atoms with Crippen LogP contribution in [0.2, 0.25) is 0 Å². The minimum Gasteiger partial charge on any atom is -0.486 e. The molecule has 1 aromatic rings. The Morgan fingerprint density at radius 3 is 2.81 bits per heavy atom. The predicted molar refractivity (Wildman–Crippen MR) is 63.5 cm³/mol. The summed E-state index contributed by atoms with van der Waals surface area (Å²) in [6.07, 6.45) is 6.54. The van der Waals surface area contributed by atoms with Crippen molar-refractivity contribution in [3.05, 3.63) is 12.4 Å². The minimum absolute atomic E-state index is 0.227. The number of nitrogens with one attached hydrogen (secondary N) is 1. The summed E-state index contributed by atoms with van der Waals surface area (Å²) in [5.74, 6) is 1.37. The molecule has 0 aromatic carbocycles. The lowest BCUT2D eigenvalue weighted by Gasteiger charge is -2.22. The summed E-state index contributed by atoms with van der Waals surface area (Å²) in [6.45, 7) is 5.31. The number of ether oxygens (including phenoxy) is 1. The van der Waals surface area contributed by atoms with Crippen LogP contribution in [0.1, 0.15) is 26.7 Å². The fourth-order valence-electron chi connectivity index (χ4n) is 1.62. The maximum Gasteiger partial charge on any atom is 0.157 e. The monoisotopic (exact) mass is 223 g/mol. The molecule has 1 saturated carbocycles. The lowest BCUT2D eigenvalue weighted by Crippen LogP contribution is -2.36. The van der Waals surface area contributed by atoms with Crippen molar-refractivity contribution in [3.63, 3.8) is 0 Å². The van der Waals surface area contributed by atoms with Crippen molar-refractivity contribution in [3.8, 4) is 5.75 Å². The van der Waals surface area contributed by atoms with Crippen molar-refractivity contribution in [1.29, 1.82) is 0 Å². The van der Waals surface area contributed by atoms with E-state index < -0.39 is 0 Å². The second-order valence-corrected chi connectivity index (χ2v) is 4.93. The zero-order valence-corrected chi connectivity index (χ0v) is 10.3. The standard InChI is InChI=1S/C12H21N3O/c1-9(2)12(7-13-10-4-5-10)16-11-6-14-15(3)8-11/h6,8-10,12-13H,4-5,7H2,1-3H3. The van der Waals surface area contributed by atoms with Crippen LogP contribution in [0.25, 0.3) is 0 Å². The van der Waals surface area contributed by atoms with Crippen molar-refractivity contribution < 1.29 is 4.74 Å². The molecule has 90 valence electrons. The molecule has 1 aromatic heterocycles. The van der Waals surface area contributed by atoms with Gasteiger partial charge in [0.25, 0.3) is 0 Å². The van der Waals surface area contributed by atoms with Gasteiger partial charge in [0.1, 0.15) is 6.10 Å². The first kappa shape index (κ1) is 11.5. The molecule has 1 fully saturated rings. The first-order valence-electron chi connectivity index (χ1n) is 6.04. The second kappa shape index (κ2) is 4.87. The Bertz CT molecular complexity index is 331. The highest BCUT2D eigenvalue weighted by atomic mass is 16.5. The summed E-state index contributed by atoms with van der Waals surface area (Å²) >= 11 is 0. The SMILES string of the molecule is CC(C)C(CNC1CC1)Oc1cnn(C)c1. The zero-order valence-electron chi connectivity index (χ0n) is 10.3. The quantitative estimate of drug-likeness (QED) is 0.795. The Kier molecular flexibility index (Phi) is 3.49. The highest BCUT2D eigenvalue weighted by Crippen LogP contribution is 2.20. The van der Waals surface area contributed by atoms with Gasteiger partial charge in [-0.15, -0.1) is 0 Å². The molecule has 1 aliphatic carbocycles. The molecule has 1 N–H and O–H groups in total. The van der Waals surface area contributed by atoms with Crippen LogP contribution >= 0.6 is 0 Å². The van der Waals surface area contributed by atoms with Crippen LogP contribution in [-0.4, -0.2) is 28.5 Å². The fraction of sp³-hybridized carbons (Fsp3) is 0.750. The van der Waals surface area contributed by atoms with Crippen LogP contribution in [-0.2, 0) is 7.05 Å². The van der Waals surface area contributed by atoms with Crippen LogP contribution in [0.3, 0.4) is 0 Å². The highest BCUT2D eigenvalue weighted by molar-refractivity contribution is 5.12. The van der Waals surface area contributed by atoms with Gasteiger partial charge in [0, 0.05) is 19.6 Å². The molecule has 2 rings (SSSR count). The van der Waals surface area contributed by atoms with Crippen LogP contribution in [0, 0.1) is 5.92 Å². The third-order valence-corrected chi connectivity index (χ3v) is 2.90. The average Bonchev–Trinajstić information content (AvgIpc) is 2.96. The molecular formula is C12H21N3O. The van der Waals surface area contributed by atoms with E-state index >= 15 is 0 Å². The van der Waals surface area contributed by atoms with Crippen LogP contribution in [0.15, 0.2) is 12.4 Å². The molecule has 1 unspecified atom stereocenters. The van der Waals surface area contributed by atoms with Gasteiger partial charge in [0.2, 0.25) is 0 Å². The van der Waals surface area contributed by atoms with Crippen molar-refractivity contribution in [2.45, 2.75) is 38.8 Å². The fourth-order valence-corrected chi connectivity index (χ4v) is 1.62. The number of aryl methyl sites for hydroxylation is 1. The molecule has 1 atom stereocenters. The zero-order chi connectivity index (χ0) is 11.5. The number of rotatable bonds is 6. The van der Waals surface area contributed by atoms with E-state index in [0.29, 0.717) is 5.92 Å². The van der Waals surface area contributed by atoms with Crippen LogP contribution in [0.5, 0.6) is 5.75 Å². The molecule has 0 radical (unpaired) electrons. The summed E-state index contributed by atoms with van der Waals surface area (Å²) in [7, 11) is 1.90. The molecule has 1 heterocycles. The molecule has 0 amide bonds. The third kappa shape index (κ3) is 3.23. The van der Waals surface area contributed by atoms with Crippen molar-refractivity contribution in [2.75, 3.05) is 6.54 Å². The van der Waals surface area contributed by atoms with E-state index in [1.54, 1.807) is 10.9 Å². The van der Waals surface area contributed by atoms with Gasteiger partial charge in [-0.3, -0.25) is 4.68 Å². The molecule has 4 heteroatoms. The normalized spacial score (nSPS) is 17.8. The number of nitrogens with zero attached hydrogens (tertiary/aromatic N) is 2. The van der Waals surface area contributed by atoms with Gasteiger partial charge in [0.05, 0.1) is 12.4 Å². The maximum absolute atomic E-state index is 5.93. The maximum atomic E-state index is 5.93. The van der Waals surface area contributed by atoms with Crippen LogP contribution in [0.4, 0.5) is 0 Å². The van der Waals surface area contributed by atoms with E-state index in [4.69, 9.17) is 4.74 Å². The van der Waals surface area contributed by atoms with Crippen molar-refractivity contribution in [1.82, 2.24) is 15.1 Å². The van der Waals surface area contributed by atoms with E-state index in [1.165, 1.54) is 12.8 Å². The first-order valence-corrected chi connectivity index (χ1v) is 6.04. The molecule has 1 aliphatic rings. The Labute approximate surface area is 97.0 Å². The van der Waals surface area contributed by atoms with Crippen molar-refractivity contribution >= 4 is 0 Å². The Balaban J connectivity index is 1.85. The third-order valence-electron chi connectivity index (χ3n) is 2.90. The smallest absolute Gasteiger partial charge is 0.157 e. The molecule has 0 saturated heterocycles. The van der Waals surface area contributed by atoms with E-state index in [9.17, 15) is 0 Å². The van der Waals surface area contributed by atoms with Gasteiger partial charge in [-0.1, -0.05) is 13.8 Å².